The molecule has 1 heterocycles. The lowest BCUT2D eigenvalue weighted by molar-refractivity contribution is 0.527. The van der Waals surface area contributed by atoms with Gasteiger partial charge in [-0.25, -0.2) is 0 Å². The van der Waals surface area contributed by atoms with E-state index in [0.29, 0.717) is 0 Å². The lowest BCUT2D eigenvalue weighted by atomic mass is 9.97. The third-order valence-corrected chi connectivity index (χ3v) is 4.44. The molecule has 0 saturated carbocycles. The van der Waals surface area contributed by atoms with E-state index in [1.165, 1.54) is 11.1 Å². The van der Waals surface area contributed by atoms with Crippen LogP contribution in [0.4, 0.5) is 0 Å². The smallest absolute Gasteiger partial charge is 0.0847 e. The van der Waals surface area contributed by atoms with Gasteiger partial charge in [-0.2, -0.15) is 5.10 Å². The van der Waals surface area contributed by atoms with Gasteiger partial charge in [0.2, 0.25) is 0 Å². The van der Waals surface area contributed by atoms with Crippen molar-refractivity contribution in [1.29, 1.82) is 0 Å². The van der Waals surface area contributed by atoms with Crippen molar-refractivity contribution < 1.29 is 0 Å². The van der Waals surface area contributed by atoms with E-state index in [2.05, 4.69) is 30.3 Å². The summed E-state index contributed by atoms with van der Waals surface area (Å²) in [7, 11) is 1.94. The molecule has 0 saturated heterocycles. The number of likely N-dealkylation sites (N-methyl/N-ethyl adjacent to an activating group) is 1. The average Bonchev–Trinajstić information content (AvgIpc) is 2.65. The highest BCUT2D eigenvalue weighted by molar-refractivity contribution is 6.31. The van der Waals surface area contributed by atoms with Gasteiger partial charge >= 0.3 is 0 Å². The standard InChI is InChI=1S/C16H21Cl2N3/c1-5-19-14(13-7-6-12(17)8-10(13)2)9-15-16(18)11(3)20-21(15)4/h6-8,14,19H,5,9H2,1-4H3. The van der Waals surface area contributed by atoms with Crippen LogP contribution in [0, 0.1) is 13.8 Å². The molecular formula is C16H21Cl2N3. The van der Waals surface area contributed by atoms with Crippen LogP contribution < -0.4 is 5.32 Å². The summed E-state index contributed by atoms with van der Waals surface area (Å²) in [6.07, 6.45) is 0.798. The van der Waals surface area contributed by atoms with E-state index in [-0.39, 0.29) is 6.04 Å². The fourth-order valence-corrected chi connectivity index (χ4v) is 3.13. The Hall–Kier alpha value is -1.03. The van der Waals surface area contributed by atoms with Crippen molar-refractivity contribution >= 4 is 23.2 Å². The molecule has 1 aromatic heterocycles. The number of hydrogen-bond donors (Lipinski definition) is 1. The van der Waals surface area contributed by atoms with Crippen molar-refractivity contribution in [3.05, 3.63) is 50.8 Å². The summed E-state index contributed by atoms with van der Waals surface area (Å²) < 4.78 is 1.87. The highest BCUT2D eigenvalue weighted by Crippen LogP contribution is 2.28. The molecular weight excluding hydrogens is 305 g/mol. The van der Waals surface area contributed by atoms with Crippen molar-refractivity contribution in [3.63, 3.8) is 0 Å². The Morgan fingerprint density at radius 1 is 1.29 bits per heavy atom. The van der Waals surface area contributed by atoms with Crippen LogP contribution >= 0.6 is 23.2 Å². The van der Waals surface area contributed by atoms with Crippen molar-refractivity contribution in [2.24, 2.45) is 7.05 Å². The normalized spacial score (nSPS) is 12.7. The summed E-state index contributed by atoms with van der Waals surface area (Å²) in [5.41, 5.74) is 4.35. The second kappa shape index (κ2) is 6.82. The van der Waals surface area contributed by atoms with E-state index in [9.17, 15) is 0 Å². The van der Waals surface area contributed by atoms with Crippen LogP contribution in [0.2, 0.25) is 10.0 Å². The first-order valence-corrected chi connectivity index (χ1v) is 7.87. The lowest BCUT2D eigenvalue weighted by Crippen LogP contribution is -2.24. The van der Waals surface area contributed by atoms with E-state index < -0.39 is 0 Å². The maximum atomic E-state index is 6.38. The number of halogens is 2. The van der Waals surface area contributed by atoms with Crippen LogP contribution in [0.15, 0.2) is 18.2 Å². The summed E-state index contributed by atoms with van der Waals surface area (Å²) >= 11 is 12.4. The fraction of sp³-hybridized carbons (Fsp3) is 0.438. The van der Waals surface area contributed by atoms with Gasteiger partial charge in [-0.3, -0.25) is 4.68 Å². The number of rotatable bonds is 5. The zero-order chi connectivity index (χ0) is 15.6. The molecule has 1 unspecified atom stereocenters. The lowest BCUT2D eigenvalue weighted by Gasteiger charge is -2.21. The van der Waals surface area contributed by atoms with Crippen LogP contribution in [0.1, 0.15) is 35.5 Å². The van der Waals surface area contributed by atoms with Crippen LogP contribution in [0.5, 0.6) is 0 Å². The van der Waals surface area contributed by atoms with Gasteiger partial charge in [0.1, 0.15) is 0 Å². The SMILES string of the molecule is CCNC(Cc1c(Cl)c(C)nn1C)c1ccc(Cl)cc1C. The zero-order valence-corrected chi connectivity index (χ0v) is 14.4. The average molecular weight is 326 g/mol. The van der Waals surface area contributed by atoms with Crippen molar-refractivity contribution in [3.8, 4) is 0 Å². The van der Waals surface area contributed by atoms with E-state index >= 15 is 0 Å². The first-order valence-electron chi connectivity index (χ1n) is 7.11. The van der Waals surface area contributed by atoms with Gasteiger partial charge in [-0.05, 0) is 43.7 Å². The van der Waals surface area contributed by atoms with Crippen molar-refractivity contribution in [1.82, 2.24) is 15.1 Å². The Labute approximate surface area is 136 Å². The van der Waals surface area contributed by atoms with E-state index in [1.807, 2.05) is 30.8 Å². The third kappa shape index (κ3) is 3.60. The van der Waals surface area contributed by atoms with Gasteiger partial charge in [0.15, 0.2) is 0 Å². The highest BCUT2D eigenvalue weighted by atomic mass is 35.5. The molecule has 114 valence electrons. The van der Waals surface area contributed by atoms with E-state index in [0.717, 1.165) is 34.4 Å². The molecule has 1 aromatic carbocycles. The van der Waals surface area contributed by atoms with E-state index in [1.54, 1.807) is 0 Å². The predicted octanol–water partition coefficient (Wildman–Crippen LogP) is 4.24. The first-order chi connectivity index (χ1) is 9.93. The third-order valence-electron chi connectivity index (χ3n) is 3.72. The Morgan fingerprint density at radius 2 is 2.00 bits per heavy atom. The Morgan fingerprint density at radius 3 is 2.52 bits per heavy atom. The minimum Gasteiger partial charge on any atom is -0.310 e. The largest absolute Gasteiger partial charge is 0.310 e. The molecule has 0 spiro atoms. The molecule has 2 aromatic rings. The molecule has 3 nitrogen and oxygen atoms in total. The minimum atomic E-state index is 0.194. The van der Waals surface area contributed by atoms with Crippen LogP contribution in [0.25, 0.3) is 0 Å². The molecule has 0 fully saturated rings. The molecule has 1 N–H and O–H groups in total. The zero-order valence-electron chi connectivity index (χ0n) is 12.9. The molecule has 21 heavy (non-hydrogen) atoms. The maximum Gasteiger partial charge on any atom is 0.0847 e. The van der Waals surface area contributed by atoms with Gasteiger partial charge in [0.25, 0.3) is 0 Å². The second-order valence-electron chi connectivity index (χ2n) is 5.28. The predicted molar refractivity (Wildman–Crippen MR) is 89.3 cm³/mol. The summed E-state index contributed by atoms with van der Waals surface area (Å²) in [6.45, 7) is 7.01. The highest BCUT2D eigenvalue weighted by Gasteiger charge is 2.19. The Bertz CT molecular complexity index is 635. The summed E-state index contributed by atoms with van der Waals surface area (Å²) in [6, 6.07) is 6.21. The van der Waals surface area contributed by atoms with Crippen molar-refractivity contribution in [2.75, 3.05) is 6.54 Å². The number of nitrogens with one attached hydrogen (secondary N) is 1. The first kappa shape index (κ1) is 16.3. The quantitative estimate of drug-likeness (QED) is 0.891. The number of aromatic nitrogens is 2. The van der Waals surface area contributed by atoms with E-state index in [4.69, 9.17) is 23.2 Å². The van der Waals surface area contributed by atoms with Gasteiger partial charge in [0, 0.05) is 24.5 Å². The molecule has 2 rings (SSSR count). The minimum absolute atomic E-state index is 0.194. The van der Waals surface area contributed by atoms with Crippen LogP contribution in [-0.4, -0.2) is 16.3 Å². The van der Waals surface area contributed by atoms with Gasteiger partial charge in [-0.15, -0.1) is 0 Å². The maximum absolute atomic E-state index is 6.38. The van der Waals surface area contributed by atoms with Crippen LogP contribution in [0.3, 0.4) is 0 Å². The fourth-order valence-electron chi connectivity index (χ4n) is 2.66. The number of aryl methyl sites for hydroxylation is 3. The van der Waals surface area contributed by atoms with Gasteiger partial charge in [-0.1, -0.05) is 36.2 Å². The Balaban J connectivity index is 2.35. The summed E-state index contributed by atoms with van der Waals surface area (Å²) in [4.78, 5) is 0. The molecule has 1 atom stereocenters. The number of benzene rings is 1. The van der Waals surface area contributed by atoms with Crippen molar-refractivity contribution in [2.45, 2.75) is 33.2 Å². The molecule has 0 radical (unpaired) electrons. The van der Waals surface area contributed by atoms with Gasteiger partial charge in [0.05, 0.1) is 16.4 Å². The molecule has 0 amide bonds. The molecule has 5 heteroatoms. The second-order valence-corrected chi connectivity index (χ2v) is 6.10. The number of nitrogens with zero attached hydrogens (tertiary/aromatic N) is 2. The summed E-state index contributed by atoms with van der Waals surface area (Å²) in [5.74, 6) is 0. The monoisotopic (exact) mass is 325 g/mol. The molecule has 0 aliphatic heterocycles. The molecule has 0 bridgehead atoms. The summed E-state index contributed by atoms with van der Waals surface area (Å²) in [5, 5.41) is 9.44. The topological polar surface area (TPSA) is 29.9 Å². The Kier molecular flexibility index (Phi) is 5.31. The molecule has 0 aliphatic rings. The van der Waals surface area contributed by atoms with Crippen LogP contribution in [-0.2, 0) is 13.5 Å². The number of hydrogen-bond acceptors (Lipinski definition) is 2. The van der Waals surface area contributed by atoms with Gasteiger partial charge < -0.3 is 5.32 Å². The molecule has 0 aliphatic carbocycles.